The molecule has 8 nitrogen and oxygen atoms in total. The number of benzene rings is 1. The van der Waals surface area contributed by atoms with Crippen LogP contribution in [0.25, 0.3) is 28.1 Å². The van der Waals surface area contributed by atoms with Gasteiger partial charge in [-0.15, -0.1) is 10.2 Å². The Morgan fingerprint density at radius 1 is 1.12 bits per heavy atom. The first-order valence-corrected chi connectivity index (χ1v) is 11.5. The van der Waals surface area contributed by atoms with E-state index in [-0.39, 0.29) is 12.1 Å². The lowest BCUT2D eigenvalue weighted by Gasteiger charge is -2.24. The van der Waals surface area contributed by atoms with Gasteiger partial charge in [-0.05, 0) is 43.2 Å². The summed E-state index contributed by atoms with van der Waals surface area (Å²) in [6.45, 7) is 5.47. The lowest BCUT2D eigenvalue weighted by molar-refractivity contribution is 0.172. The molecule has 4 aromatic rings. The Kier molecular flexibility index (Phi) is 6.22. The summed E-state index contributed by atoms with van der Waals surface area (Å²) in [4.78, 5) is 7.31. The number of aromatic nitrogens is 4. The van der Waals surface area contributed by atoms with Crippen LogP contribution in [0.1, 0.15) is 31.4 Å². The second kappa shape index (κ2) is 9.43. The highest BCUT2D eigenvalue weighted by molar-refractivity contribution is 5.82. The monoisotopic (exact) mass is 446 g/mol. The quantitative estimate of drug-likeness (QED) is 0.415. The van der Waals surface area contributed by atoms with Gasteiger partial charge in [0.25, 0.3) is 0 Å². The van der Waals surface area contributed by atoms with Gasteiger partial charge in [-0.1, -0.05) is 12.1 Å². The van der Waals surface area contributed by atoms with Crippen molar-refractivity contribution in [2.24, 2.45) is 5.73 Å². The minimum Gasteiger partial charge on any atom is -0.493 e. The van der Waals surface area contributed by atoms with Crippen molar-refractivity contribution in [3.05, 3.63) is 54.2 Å². The van der Waals surface area contributed by atoms with Gasteiger partial charge >= 0.3 is 0 Å². The van der Waals surface area contributed by atoms with Crippen molar-refractivity contribution < 1.29 is 9.47 Å². The van der Waals surface area contributed by atoms with Crippen LogP contribution >= 0.6 is 0 Å². The Labute approximate surface area is 193 Å². The molecule has 1 aliphatic heterocycles. The second-order valence-electron chi connectivity index (χ2n) is 8.68. The Morgan fingerprint density at radius 3 is 2.82 bits per heavy atom. The molecular weight excluding hydrogens is 416 g/mol. The third-order valence-electron chi connectivity index (χ3n) is 6.37. The molecule has 33 heavy (non-hydrogen) atoms. The zero-order valence-electron chi connectivity index (χ0n) is 19.1. The lowest BCUT2D eigenvalue weighted by atomic mass is 10.1. The number of rotatable bonds is 8. The van der Waals surface area contributed by atoms with Crippen LogP contribution in [-0.2, 0) is 4.74 Å². The van der Waals surface area contributed by atoms with Crippen LogP contribution in [-0.4, -0.2) is 63.9 Å². The summed E-state index contributed by atoms with van der Waals surface area (Å²) in [7, 11) is 1.70. The molecule has 2 atom stereocenters. The molecule has 1 aliphatic rings. The molecule has 1 aromatic carbocycles. The molecule has 2 N–H and O–H groups in total. The summed E-state index contributed by atoms with van der Waals surface area (Å²) >= 11 is 0. The number of likely N-dealkylation sites (tertiary alicyclic amines) is 1. The Balaban J connectivity index is 1.44. The van der Waals surface area contributed by atoms with Crippen LogP contribution in [0.4, 0.5) is 0 Å². The van der Waals surface area contributed by atoms with Crippen LogP contribution in [0.15, 0.2) is 48.7 Å². The number of methoxy groups -OCH3 is 1. The Morgan fingerprint density at radius 2 is 2.00 bits per heavy atom. The number of fused-ring (bicyclic) bond motifs is 2. The highest BCUT2D eigenvalue weighted by Gasteiger charge is 2.25. The zero-order valence-corrected chi connectivity index (χ0v) is 19.1. The van der Waals surface area contributed by atoms with Crippen LogP contribution in [0.5, 0.6) is 5.75 Å². The fraction of sp³-hybridized carbons (Fsp3) is 0.400. The molecular formula is C25H30N6O2. The summed E-state index contributed by atoms with van der Waals surface area (Å²) in [5, 5.41) is 9.86. The Bertz CT molecular complexity index is 1260. The molecule has 0 unspecified atom stereocenters. The number of nitrogens with two attached hydrogens (primary N) is 1. The largest absolute Gasteiger partial charge is 0.493 e. The average molecular weight is 447 g/mol. The molecule has 1 saturated heterocycles. The summed E-state index contributed by atoms with van der Waals surface area (Å²) in [5.41, 5.74) is 9.78. The first kappa shape index (κ1) is 21.8. The molecule has 172 valence electrons. The van der Waals surface area contributed by atoms with E-state index in [1.807, 2.05) is 34.7 Å². The maximum Gasteiger partial charge on any atom is 0.187 e. The average Bonchev–Trinajstić information content (AvgIpc) is 3.46. The molecule has 4 heterocycles. The fourth-order valence-electron chi connectivity index (χ4n) is 4.41. The number of nitrogens with zero attached hydrogens (tertiary/aromatic N) is 5. The summed E-state index contributed by atoms with van der Waals surface area (Å²) in [6.07, 6.45) is 4.02. The van der Waals surface area contributed by atoms with Crippen molar-refractivity contribution >= 4 is 16.6 Å². The normalized spacial score (nSPS) is 17.7. The molecule has 1 fully saturated rings. The minimum atomic E-state index is 0.261. The molecule has 0 spiro atoms. The zero-order chi connectivity index (χ0) is 22.8. The predicted octanol–water partition coefficient (Wildman–Crippen LogP) is 3.45. The second-order valence-corrected chi connectivity index (χ2v) is 8.68. The molecule has 0 bridgehead atoms. The van der Waals surface area contributed by atoms with Crippen molar-refractivity contribution in [1.29, 1.82) is 0 Å². The SMILES string of the molecule is COCCCOc1ccc2ccc(-c3nnc4ccc([C@H](C)N5CC[C@H](N)C5)cn34)nc2c1. The van der Waals surface area contributed by atoms with Crippen molar-refractivity contribution in [3.63, 3.8) is 0 Å². The predicted molar refractivity (Wildman–Crippen MR) is 128 cm³/mol. The van der Waals surface area contributed by atoms with E-state index in [1.54, 1.807) is 7.11 Å². The molecule has 3 aromatic heterocycles. The van der Waals surface area contributed by atoms with E-state index in [2.05, 4.69) is 40.4 Å². The van der Waals surface area contributed by atoms with Crippen LogP contribution in [0, 0.1) is 0 Å². The van der Waals surface area contributed by atoms with E-state index in [4.69, 9.17) is 20.2 Å². The maximum absolute atomic E-state index is 6.12. The van der Waals surface area contributed by atoms with Crippen molar-refractivity contribution in [1.82, 2.24) is 24.5 Å². The standard InChI is InChI=1S/C25H30N6O2/c1-17(30-11-10-20(26)16-30)19-6-9-24-28-29-25(31(24)15-19)22-8-5-18-4-7-21(14-23(18)27-22)33-13-3-12-32-2/h4-9,14-15,17,20H,3,10-13,16,26H2,1-2H3/t17-,20-/m0/s1. The van der Waals surface area contributed by atoms with Crippen molar-refractivity contribution in [3.8, 4) is 17.3 Å². The molecule has 5 rings (SSSR count). The van der Waals surface area contributed by atoms with Crippen LogP contribution in [0.3, 0.4) is 0 Å². The first-order chi connectivity index (χ1) is 16.1. The lowest BCUT2D eigenvalue weighted by Crippen LogP contribution is -2.28. The Hall–Kier alpha value is -3.07. The summed E-state index contributed by atoms with van der Waals surface area (Å²) in [6, 6.07) is 14.7. The fourth-order valence-corrected chi connectivity index (χ4v) is 4.41. The number of hydrogen-bond donors (Lipinski definition) is 1. The van der Waals surface area contributed by atoms with E-state index < -0.39 is 0 Å². The maximum atomic E-state index is 6.12. The van der Waals surface area contributed by atoms with Gasteiger partial charge in [-0.2, -0.15) is 0 Å². The van der Waals surface area contributed by atoms with Crippen molar-refractivity contribution in [2.45, 2.75) is 31.8 Å². The van der Waals surface area contributed by atoms with Crippen LogP contribution < -0.4 is 10.5 Å². The van der Waals surface area contributed by atoms with E-state index in [1.165, 1.54) is 5.56 Å². The highest BCUT2D eigenvalue weighted by Crippen LogP contribution is 2.27. The number of pyridine rings is 2. The minimum absolute atomic E-state index is 0.261. The van der Waals surface area contributed by atoms with Crippen molar-refractivity contribution in [2.75, 3.05) is 33.4 Å². The third kappa shape index (κ3) is 4.55. The van der Waals surface area contributed by atoms with E-state index in [0.29, 0.717) is 13.2 Å². The van der Waals surface area contributed by atoms with Gasteiger partial charge in [0.1, 0.15) is 11.4 Å². The van der Waals surface area contributed by atoms with Gasteiger partial charge < -0.3 is 15.2 Å². The number of hydrogen-bond acceptors (Lipinski definition) is 7. The van der Waals surface area contributed by atoms with Gasteiger partial charge in [0.2, 0.25) is 0 Å². The van der Waals surface area contributed by atoms with Gasteiger partial charge in [0.05, 0.1) is 12.1 Å². The summed E-state index contributed by atoms with van der Waals surface area (Å²) in [5.74, 6) is 1.53. The molecule has 8 heteroatoms. The van der Waals surface area contributed by atoms with Gasteiger partial charge in [-0.3, -0.25) is 9.30 Å². The van der Waals surface area contributed by atoms with Crippen LogP contribution in [0.2, 0.25) is 0 Å². The van der Waals surface area contributed by atoms with E-state index >= 15 is 0 Å². The first-order valence-electron chi connectivity index (χ1n) is 11.5. The van der Waals surface area contributed by atoms with E-state index in [9.17, 15) is 0 Å². The van der Waals surface area contributed by atoms with Gasteiger partial charge in [0.15, 0.2) is 11.5 Å². The molecule has 0 saturated carbocycles. The van der Waals surface area contributed by atoms with Gasteiger partial charge in [-0.25, -0.2) is 4.98 Å². The molecule has 0 amide bonds. The van der Waals surface area contributed by atoms with E-state index in [0.717, 1.165) is 59.7 Å². The topological polar surface area (TPSA) is 90.8 Å². The highest BCUT2D eigenvalue weighted by atomic mass is 16.5. The molecule has 0 radical (unpaired) electrons. The smallest absolute Gasteiger partial charge is 0.187 e. The van der Waals surface area contributed by atoms with Gasteiger partial charge in [0, 0.05) is 63.0 Å². The molecule has 0 aliphatic carbocycles. The summed E-state index contributed by atoms with van der Waals surface area (Å²) < 4.78 is 13.0. The number of ether oxygens (including phenoxy) is 2. The third-order valence-corrected chi connectivity index (χ3v) is 6.37.